The smallest absolute Gasteiger partial charge is 0.314 e. The zero-order valence-corrected chi connectivity index (χ0v) is 11.3. The van der Waals surface area contributed by atoms with E-state index in [-0.39, 0.29) is 0 Å². The number of carbonyl (C=O) groups is 1. The molecule has 1 aromatic rings. The van der Waals surface area contributed by atoms with Crippen LogP contribution in [0.4, 0.5) is 4.39 Å². The van der Waals surface area contributed by atoms with Gasteiger partial charge in [-0.2, -0.15) is 0 Å². The van der Waals surface area contributed by atoms with E-state index in [9.17, 15) is 22.7 Å². The molecule has 6 heteroatoms. The van der Waals surface area contributed by atoms with Gasteiger partial charge >= 0.3 is 5.97 Å². The molecule has 4 nitrogen and oxygen atoms in total. The predicted molar refractivity (Wildman–Crippen MR) is 67.3 cm³/mol. The van der Waals surface area contributed by atoms with E-state index in [1.54, 1.807) is 0 Å². The van der Waals surface area contributed by atoms with Crippen molar-refractivity contribution in [3.8, 4) is 0 Å². The number of sulfone groups is 1. The topological polar surface area (TPSA) is 71.4 Å². The second kappa shape index (κ2) is 4.59. The Hall–Kier alpha value is -1.43. The molecule has 19 heavy (non-hydrogen) atoms. The lowest BCUT2D eigenvalue weighted by molar-refractivity contribution is -0.143. The minimum atomic E-state index is -3.64. The molecule has 1 aliphatic carbocycles. The Morgan fingerprint density at radius 2 is 1.89 bits per heavy atom. The molecule has 2 rings (SSSR count). The van der Waals surface area contributed by atoms with Crippen molar-refractivity contribution in [1.29, 1.82) is 0 Å². The van der Waals surface area contributed by atoms with Gasteiger partial charge in [0.1, 0.15) is 10.7 Å². The Bertz CT molecular complexity index is 616. The maximum absolute atomic E-state index is 13.9. The van der Waals surface area contributed by atoms with E-state index in [2.05, 4.69) is 0 Å². The Morgan fingerprint density at radius 1 is 1.32 bits per heavy atom. The molecule has 1 aromatic carbocycles. The lowest BCUT2D eigenvalue weighted by atomic mass is 9.79. The van der Waals surface area contributed by atoms with Gasteiger partial charge in [-0.1, -0.05) is 18.9 Å². The average molecular weight is 286 g/mol. The lowest BCUT2D eigenvalue weighted by Crippen LogP contribution is -2.32. The Kier molecular flexibility index (Phi) is 3.38. The molecule has 1 fully saturated rings. The van der Waals surface area contributed by atoms with Crippen molar-refractivity contribution in [3.05, 3.63) is 29.6 Å². The van der Waals surface area contributed by atoms with Crippen LogP contribution in [0, 0.1) is 5.82 Å². The van der Waals surface area contributed by atoms with Crippen LogP contribution in [-0.4, -0.2) is 25.7 Å². The Morgan fingerprint density at radius 3 is 2.32 bits per heavy atom. The summed E-state index contributed by atoms with van der Waals surface area (Å²) in [7, 11) is -3.64. The van der Waals surface area contributed by atoms with E-state index in [1.165, 1.54) is 6.07 Å². The van der Waals surface area contributed by atoms with Crippen LogP contribution >= 0.6 is 0 Å². The van der Waals surface area contributed by atoms with Crippen molar-refractivity contribution >= 4 is 15.8 Å². The lowest BCUT2D eigenvalue weighted by Gasteiger charge is -2.24. The first-order valence-corrected chi connectivity index (χ1v) is 7.90. The molecule has 0 bridgehead atoms. The molecule has 0 heterocycles. The number of hydrogen-bond acceptors (Lipinski definition) is 3. The molecule has 1 N–H and O–H groups in total. The first-order chi connectivity index (χ1) is 8.77. The van der Waals surface area contributed by atoms with Crippen LogP contribution in [0.25, 0.3) is 0 Å². The maximum Gasteiger partial charge on any atom is 0.314 e. The van der Waals surface area contributed by atoms with Gasteiger partial charge in [0.05, 0.1) is 5.41 Å². The summed E-state index contributed by atoms with van der Waals surface area (Å²) in [5.41, 5.74) is -0.723. The van der Waals surface area contributed by atoms with Gasteiger partial charge in [-0.15, -0.1) is 0 Å². The summed E-state index contributed by atoms with van der Waals surface area (Å²) in [4.78, 5) is 11.1. The summed E-state index contributed by atoms with van der Waals surface area (Å²) in [5.74, 6) is -1.86. The first-order valence-electron chi connectivity index (χ1n) is 6.01. The van der Waals surface area contributed by atoms with Gasteiger partial charge in [0.15, 0.2) is 9.84 Å². The van der Waals surface area contributed by atoms with Gasteiger partial charge < -0.3 is 5.11 Å². The monoisotopic (exact) mass is 286 g/mol. The standard InChI is InChI=1S/C13H15FO4S/c1-19(17,18)11-5-4-9(8-10(11)14)13(12(15)16)6-2-3-7-13/h4-5,8H,2-3,6-7H2,1H3,(H,15,16). The van der Waals surface area contributed by atoms with Crippen molar-refractivity contribution in [3.63, 3.8) is 0 Å². The average Bonchev–Trinajstić information content (AvgIpc) is 2.77. The number of hydrogen-bond donors (Lipinski definition) is 1. The molecule has 0 unspecified atom stereocenters. The van der Waals surface area contributed by atoms with Crippen molar-refractivity contribution in [2.45, 2.75) is 36.0 Å². The summed E-state index contributed by atoms with van der Waals surface area (Å²) in [5, 5.41) is 9.40. The highest BCUT2D eigenvalue weighted by Crippen LogP contribution is 2.42. The summed E-state index contributed by atoms with van der Waals surface area (Å²) in [6.07, 6.45) is 3.40. The minimum Gasteiger partial charge on any atom is -0.481 e. The van der Waals surface area contributed by atoms with Crippen LogP contribution in [-0.2, 0) is 20.0 Å². The highest BCUT2D eigenvalue weighted by molar-refractivity contribution is 7.90. The van der Waals surface area contributed by atoms with E-state index in [4.69, 9.17) is 0 Å². The third kappa shape index (κ3) is 2.36. The van der Waals surface area contributed by atoms with Crippen molar-refractivity contribution in [1.82, 2.24) is 0 Å². The molecule has 0 atom stereocenters. The summed E-state index contributed by atoms with van der Waals surface area (Å²) in [6, 6.07) is 3.62. The molecule has 1 saturated carbocycles. The van der Waals surface area contributed by atoms with Gasteiger partial charge in [0.2, 0.25) is 0 Å². The highest BCUT2D eigenvalue weighted by atomic mass is 32.2. The van der Waals surface area contributed by atoms with Crippen LogP contribution in [0.2, 0.25) is 0 Å². The van der Waals surface area contributed by atoms with Crippen LogP contribution in [0.15, 0.2) is 23.1 Å². The first kappa shape index (κ1) is 14.0. The Labute approximate surface area is 111 Å². The van der Waals surface area contributed by atoms with Crippen LogP contribution in [0.5, 0.6) is 0 Å². The quantitative estimate of drug-likeness (QED) is 0.924. The Balaban J connectivity index is 2.53. The number of halogens is 1. The van der Waals surface area contributed by atoms with Crippen LogP contribution < -0.4 is 0 Å². The summed E-state index contributed by atoms with van der Waals surface area (Å²) in [6.45, 7) is 0. The molecular formula is C13H15FO4S. The predicted octanol–water partition coefficient (Wildman–Crippen LogP) is 2.13. The zero-order valence-electron chi connectivity index (χ0n) is 10.5. The van der Waals surface area contributed by atoms with Crippen molar-refractivity contribution < 1.29 is 22.7 Å². The van der Waals surface area contributed by atoms with Gasteiger partial charge in [-0.3, -0.25) is 4.79 Å². The van der Waals surface area contributed by atoms with Gasteiger partial charge in [-0.25, -0.2) is 12.8 Å². The molecule has 0 aliphatic heterocycles. The van der Waals surface area contributed by atoms with Crippen LogP contribution in [0.3, 0.4) is 0 Å². The number of carboxylic acid groups (broad SMARTS) is 1. The molecule has 104 valence electrons. The van der Waals surface area contributed by atoms with Crippen molar-refractivity contribution in [2.75, 3.05) is 6.26 Å². The second-order valence-corrected chi connectivity index (χ2v) is 7.00. The third-order valence-electron chi connectivity index (χ3n) is 3.75. The van der Waals surface area contributed by atoms with E-state index in [0.717, 1.165) is 31.2 Å². The maximum atomic E-state index is 13.9. The molecule has 0 spiro atoms. The fraction of sp³-hybridized carbons (Fsp3) is 0.462. The second-order valence-electron chi connectivity index (χ2n) is 5.01. The molecule has 1 aliphatic rings. The SMILES string of the molecule is CS(=O)(=O)c1ccc(C2(C(=O)O)CCCC2)cc1F. The number of benzene rings is 1. The van der Waals surface area contributed by atoms with Crippen molar-refractivity contribution in [2.24, 2.45) is 0 Å². The fourth-order valence-electron chi connectivity index (χ4n) is 2.70. The molecule has 0 aromatic heterocycles. The van der Waals surface area contributed by atoms with E-state index < -0.39 is 31.9 Å². The normalized spacial score (nSPS) is 18.4. The van der Waals surface area contributed by atoms with Crippen LogP contribution in [0.1, 0.15) is 31.2 Å². The number of rotatable bonds is 3. The van der Waals surface area contributed by atoms with E-state index in [1.807, 2.05) is 0 Å². The fourth-order valence-corrected chi connectivity index (χ4v) is 3.43. The number of aliphatic carboxylic acids is 1. The van der Waals surface area contributed by atoms with Gasteiger partial charge in [0.25, 0.3) is 0 Å². The third-order valence-corrected chi connectivity index (χ3v) is 4.88. The zero-order chi connectivity index (χ0) is 14.3. The molecule has 0 amide bonds. The molecule has 0 saturated heterocycles. The van der Waals surface area contributed by atoms with E-state index in [0.29, 0.717) is 18.4 Å². The van der Waals surface area contributed by atoms with Gasteiger partial charge in [-0.05, 0) is 30.5 Å². The summed E-state index contributed by atoms with van der Waals surface area (Å²) < 4.78 is 36.5. The minimum absolute atomic E-state index is 0.349. The largest absolute Gasteiger partial charge is 0.481 e. The van der Waals surface area contributed by atoms with E-state index >= 15 is 0 Å². The highest BCUT2D eigenvalue weighted by Gasteiger charge is 2.43. The molecular weight excluding hydrogens is 271 g/mol. The number of carboxylic acids is 1. The summed E-state index contributed by atoms with van der Waals surface area (Å²) >= 11 is 0. The van der Waals surface area contributed by atoms with Gasteiger partial charge in [0, 0.05) is 6.26 Å². The molecule has 0 radical (unpaired) electrons.